The molecule has 0 aromatic rings. The lowest BCUT2D eigenvalue weighted by molar-refractivity contribution is -0.121. The van der Waals surface area contributed by atoms with Crippen molar-refractivity contribution in [2.75, 3.05) is 19.6 Å². The van der Waals surface area contributed by atoms with Gasteiger partial charge >= 0.3 is 0 Å². The standard InChI is InChI=1S/C12H23N3O/c13-6-10-2-1-3-11(10)15-12(16)8-14-7-9-4-5-9/h9-11,14H,1-8,13H2,(H,15,16). The molecule has 2 rings (SSSR count). The first-order valence-corrected chi connectivity index (χ1v) is 6.49. The van der Waals surface area contributed by atoms with Crippen molar-refractivity contribution >= 4 is 5.91 Å². The van der Waals surface area contributed by atoms with Crippen molar-refractivity contribution in [3.63, 3.8) is 0 Å². The van der Waals surface area contributed by atoms with Crippen molar-refractivity contribution in [3.05, 3.63) is 0 Å². The Morgan fingerprint density at radius 2 is 2.06 bits per heavy atom. The zero-order valence-electron chi connectivity index (χ0n) is 9.87. The third-order valence-corrected chi connectivity index (χ3v) is 3.72. The molecule has 0 radical (unpaired) electrons. The van der Waals surface area contributed by atoms with E-state index in [4.69, 9.17) is 5.73 Å². The van der Waals surface area contributed by atoms with Crippen molar-refractivity contribution in [3.8, 4) is 0 Å². The van der Waals surface area contributed by atoms with Gasteiger partial charge in [0.15, 0.2) is 0 Å². The maximum absolute atomic E-state index is 11.6. The van der Waals surface area contributed by atoms with E-state index in [9.17, 15) is 4.79 Å². The fraction of sp³-hybridized carbons (Fsp3) is 0.917. The molecule has 2 atom stereocenters. The molecule has 2 aliphatic rings. The van der Waals surface area contributed by atoms with Crippen LogP contribution in [-0.2, 0) is 4.79 Å². The van der Waals surface area contributed by atoms with E-state index in [0.29, 0.717) is 25.0 Å². The molecule has 2 unspecified atom stereocenters. The minimum atomic E-state index is 0.131. The monoisotopic (exact) mass is 225 g/mol. The van der Waals surface area contributed by atoms with Crippen LogP contribution in [0.3, 0.4) is 0 Å². The molecule has 4 heteroatoms. The van der Waals surface area contributed by atoms with Crippen LogP contribution >= 0.6 is 0 Å². The molecule has 0 aliphatic heterocycles. The summed E-state index contributed by atoms with van der Waals surface area (Å²) >= 11 is 0. The van der Waals surface area contributed by atoms with E-state index in [1.54, 1.807) is 0 Å². The van der Waals surface area contributed by atoms with Crippen LogP contribution in [-0.4, -0.2) is 31.6 Å². The first-order chi connectivity index (χ1) is 7.79. The van der Waals surface area contributed by atoms with Crippen LogP contribution in [0.1, 0.15) is 32.1 Å². The van der Waals surface area contributed by atoms with Gasteiger partial charge in [-0.25, -0.2) is 0 Å². The smallest absolute Gasteiger partial charge is 0.234 e. The van der Waals surface area contributed by atoms with Crippen molar-refractivity contribution < 1.29 is 4.79 Å². The van der Waals surface area contributed by atoms with Gasteiger partial charge in [-0.05, 0) is 50.6 Å². The summed E-state index contributed by atoms with van der Waals surface area (Å²) in [6.45, 7) is 2.16. The predicted octanol–water partition coefficient (Wildman–Crippen LogP) is 0.230. The molecule has 4 N–H and O–H groups in total. The van der Waals surface area contributed by atoms with E-state index in [1.165, 1.54) is 19.3 Å². The topological polar surface area (TPSA) is 67.1 Å². The fourth-order valence-corrected chi connectivity index (χ4v) is 2.48. The van der Waals surface area contributed by atoms with Crippen LogP contribution in [0, 0.1) is 11.8 Å². The van der Waals surface area contributed by atoms with Crippen molar-refractivity contribution in [2.45, 2.75) is 38.1 Å². The number of amides is 1. The SMILES string of the molecule is NCC1CCCC1NC(=O)CNCC1CC1. The van der Waals surface area contributed by atoms with Gasteiger partial charge in [0.25, 0.3) is 0 Å². The highest BCUT2D eigenvalue weighted by Crippen LogP contribution is 2.27. The maximum Gasteiger partial charge on any atom is 0.234 e. The van der Waals surface area contributed by atoms with Gasteiger partial charge in [0, 0.05) is 6.04 Å². The number of nitrogens with one attached hydrogen (secondary N) is 2. The van der Waals surface area contributed by atoms with E-state index < -0.39 is 0 Å². The predicted molar refractivity (Wildman–Crippen MR) is 63.9 cm³/mol. The highest BCUT2D eigenvalue weighted by atomic mass is 16.2. The summed E-state index contributed by atoms with van der Waals surface area (Å²) in [5.74, 6) is 1.45. The summed E-state index contributed by atoms with van der Waals surface area (Å²) in [4.78, 5) is 11.6. The summed E-state index contributed by atoms with van der Waals surface area (Å²) in [6, 6.07) is 0.320. The highest BCUT2D eigenvalue weighted by molar-refractivity contribution is 5.78. The zero-order valence-corrected chi connectivity index (χ0v) is 9.87. The van der Waals surface area contributed by atoms with E-state index in [1.807, 2.05) is 0 Å². The van der Waals surface area contributed by atoms with Crippen LogP contribution in [0.15, 0.2) is 0 Å². The Labute approximate surface area is 97.3 Å². The average molecular weight is 225 g/mol. The van der Waals surface area contributed by atoms with Gasteiger partial charge in [-0.2, -0.15) is 0 Å². The van der Waals surface area contributed by atoms with E-state index in [-0.39, 0.29) is 5.91 Å². The first kappa shape index (κ1) is 11.9. The molecule has 2 saturated carbocycles. The quantitative estimate of drug-likeness (QED) is 0.606. The summed E-state index contributed by atoms with van der Waals surface area (Å²) in [6.07, 6.45) is 6.11. The molecule has 0 spiro atoms. The van der Waals surface area contributed by atoms with Gasteiger partial charge < -0.3 is 16.4 Å². The number of hydrogen-bond donors (Lipinski definition) is 3. The molecule has 92 valence electrons. The molecule has 0 heterocycles. The second-order valence-corrected chi connectivity index (χ2v) is 5.17. The normalized spacial score (nSPS) is 29.3. The lowest BCUT2D eigenvalue weighted by Gasteiger charge is -2.19. The maximum atomic E-state index is 11.6. The Morgan fingerprint density at radius 1 is 1.25 bits per heavy atom. The molecule has 0 aromatic heterocycles. The van der Waals surface area contributed by atoms with Gasteiger partial charge in [-0.3, -0.25) is 4.79 Å². The first-order valence-electron chi connectivity index (χ1n) is 6.49. The van der Waals surface area contributed by atoms with Gasteiger partial charge in [0.2, 0.25) is 5.91 Å². The minimum absolute atomic E-state index is 0.131. The summed E-state index contributed by atoms with van der Waals surface area (Å²) in [5.41, 5.74) is 5.68. The molecule has 0 aromatic carbocycles. The molecular formula is C12H23N3O. The molecule has 1 amide bonds. The van der Waals surface area contributed by atoms with Gasteiger partial charge in [-0.1, -0.05) is 6.42 Å². The van der Waals surface area contributed by atoms with Crippen LogP contribution in [0.25, 0.3) is 0 Å². The Kier molecular flexibility index (Phi) is 4.18. The minimum Gasteiger partial charge on any atom is -0.352 e. The second kappa shape index (κ2) is 5.64. The number of rotatable bonds is 6. The van der Waals surface area contributed by atoms with Gasteiger partial charge in [0.05, 0.1) is 6.54 Å². The Bertz CT molecular complexity index is 240. The lowest BCUT2D eigenvalue weighted by Crippen LogP contribution is -2.44. The molecule has 4 nitrogen and oxygen atoms in total. The van der Waals surface area contributed by atoms with Crippen LogP contribution in [0.5, 0.6) is 0 Å². The van der Waals surface area contributed by atoms with Crippen LogP contribution in [0.2, 0.25) is 0 Å². The molecule has 2 fully saturated rings. The Balaban J connectivity index is 1.61. The highest BCUT2D eigenvalue weighted by Gasteiger charge is 2.27. The van der Waals surface area contributed by atoms with E-state index in [2.05, 4.69) is 10.6 Å². The average Bonchev–Trinajstić information content (AvgIpc) is 2.98. The summed E-state index contributed by atoms with van der Waals surface area (Å²) in [5, 5.41) is 6.30. The molecule has 2 aliphatic carbocycles. The molecule has 0 bridgehead atoms. The van der Waals surface area contributed by atoms with Crippen LogP contribution in [0.4, 0.5) is 0 Å². The zero-order chi connectivity index (χ0) is 11.4. The van der Waals surface area contributed by atoms with Crippen molar-refractivity contribution in [1.29, 1.82) is 0 Å². The number of nitrogens with two attached hydrogens (primary N) is 1. The molecular weight excluding hydrogens is 202 g/mol. The third kappa shape index (κ3) is 3.46. The third-order valence-electron chi connectivity index (χ3n) is 3.72. The number of carbonyl (C=O) groups excluding carboxylic acids is 1. The largest absolute Gasteiger partial charge is 0.352 e. The summed E-state index contributed by atoms with van der Waals surface area (Å²) in [7, 11) is 0. The van der Waals surface area contributed by atoms with Crippen LogP contribution < -0.4 is 16.4 Å². The van der Waals surface area contributed by atoms with Gasteiger partial charge in [0.1, 0.15) is 0 Å². The van der Waals surface area contributed by atoms with Crippen molar-refractivity contribution in [2.24, 2.45) is 17.6 Å². The van der Waals surface area contributed by atoms with E-state index >= 15 is 0 Å². The Hall–Kier alpha value is -0.610. The number of carbonyl (C=O) groups is 1. The molecule has 16 heavy (non-hydrogen) atoms. The van der Waals surface area contributed by atoms with Gasteiger partial charge in [-0.15, -0.1) is 0 Å². The lowest BCUT2D eigenvalue weighted by atomic mass is 10.0. The molecule has 0 saturated heterocycles. The van der Waals surface area contributed by atoms with Crippen molar-refractivity contribution in [1.82, 2.24) is 10.6 Å². The second-order valence-electron chi connectivity index (χ2n) is 5.17. The fourth-order valence-electron chi connectivity index (χ4n) is 2.48. The number of hydrogen-bond acceptors (Lipinski definition) is 3. The summed E-state index contributed by atoms with van der Waals surface area (Å²) < 4.78 is 0. The Morgan fingerprint density at radius 3 is 2.75 bits per heavy atom. The van der Waals surface area contributed by atoms with E-state index in [0.717, 1.165) is 25.3 Å².